The van der Waals surface area contributed by atoms with Crippen LogP contribution in [-0.2, 0) is 0 Å². The Hall–Kier alpha value is -12.2. The number of thiophene rings is 4. The molecule has 0 aliphatic heterocycles. The fourth-order valence-electron chi connectivity index (χ4n) is 18.7. The number of aromatic nitrogens is 4. The van der Waals surface area contributed by atoms with Crippen molar-refractivity contribution in [2.45, 2.75) is 0 Å². The summed E-state index contributed by atoms with van der Waals surface area (Å²) in [6, 6.07) is 130. The SMILES string of the molecule is c1ccc2c(c1)sc1ccc3c(c4ccccc4n3-c3ccc([Si](c4ccc(-n5c6ccccc6c6c7c(ccc65)sc5ccccc57)cc4)(c4ccc(-n5c6ccccc6c6c7c(ccc65)sc5ccccc57)cc4)c4ccc(-n5c6ccccc6c6c7c(ccc65)sc5ccccc57)cc4)cc3)c12. The summed E-state index contributed by atoms with van der Waals surface area (Å²) in [4.78, 5) is 0. The molecule has 0 atom stereocenters. The van der Waals surface area contributed by atoms with Gasteiger partial charge in [-0.1, -0.05) is 194 Å². The quantitative estimate of drug-likeness (QED) is 0.107. The van der Waals surface area contributed by atoms with Crippen LogP contribution in [0.25, 0.3) is 191 Å². The molecule has 16 aromatic carbocycles. The smallest absolute Gasteiger partial charge is 0.179 e. The van der Waals surface area contributed by atoms with Crippen molar-refractivity contribution in [2.75, 3.05) is 0 Å². The van der Waals surface area contributed by atoms with Crippen LogP contribution in [-0.4, -0.2) is 26.3 Å². The Bertz CT molecular complexity index is 6900. The summed E-state index contributed by atoms with van der Waals surface area (Å²) < 4.78 is 20.5. The van der Waals surface area contributed by atoms with E-state index < -0.39 is 8.07 Å². The first kappa shape index (κ1) is 58.3. The second-order valence-electron chi connectivity index (χ2n) is 28.1. The van der Waals surface area contributed by atoms with Crippen LogP contribution in [0.5, 0.6) is 0 Å². The lowest BCUT2D eigenvalue weighted by Crippen LogP contribution is -2.74. The molecular weight excluding hydrogens is 1370 g/mol. The summed E-state index contributed by atoms with van der Waals surface area (Å²) >= 11 is 7.54. The van der Waals surface area contributed by atoms with Crippen molar-refractivity contribution >= 4 is 242 Å². The molecule has 8 heterocycles. The highest BCUT2D eigenvalue weighted by Crippen LogP contribution is 2.49. The Kier molecular flexibility index (Phi) is 12.2. The number of hydrogen-bond acceptors (Lipinski definition) is 4. The first-order valence-electron chi connectivity index (χ1n) is 35.9. The van der Waals surface area contributed by atoms with Gasteiger partial charge >= 0.3 is 0 Å². The lowest BCUT2D eigenvalue weighted by Gasteiger charge is -2.35. The molecule has 0 unspecified atom stereocenters. The Labute approximate surface area is 617 Å². The number of fused-ring (bicyclic) bond motifs is 28. The third-order valence-electron chi connectivity index (χ3n) is 22.9. The van der Waals surface area contributed by atoms with Gasteiger partial charge in [0.15, 0.2) is 8.07 Å². The van der Waals surface area contributed by atoms with Gasteiger partial charge in [-0.05, 0) is 166 Å². The molecule has 105 heavy (non-hydrogen) atoms. The maximum Gasteiger partial charge on any atom is 0.179 e. The average Bonchev–Trinajstić information content (AvgIpc) is 1.72. The van der Waals surface area contributed by atoms with E-state index in [9.17, 15) is 0 Å². The maximum atomic E-state index is 2.51. The zero-order valence-electron chi connectivity index (χ0n) is 56.3. The Morgan fingerprint density at radius 3 is 0.581 bits per heavy atom. The van der Waals surface area contributed by atoms with Crippen LogP contribution in [0.1, 0.15) is 0 Å². The second-order valence-corrected chi connectivity index (χ2v) is 36.2. The van der Waals surface area contributed by atoms with Crippen molar-refractivity contribution in [1.82, 2.24) is 18.3 Å². The summed E-state index contributed by atoms with van der Waals surface area (Å²) in [5.41, 5.74) is 14.1. The zero-order valence-corrected chi connectivity index (χ0v) is 60.5. The molecule has 24 rings (SSSR count). The molecule has 0 amide bonds. The molecule has 488 valence electrons. The Morgan fingerprint density at radius 2 is 0.352 bits per heavy atom. The predicted molar refractivity (Wildman–Crippen MR) is 459 cm³/mol. The minimum absolute atomic E-state index is 1.13. The zero-order chi connectivity index (χ0) is 68.3. The maximum absolute atomic E-state index is 3.42. The van der Waals surface area contributed by atoms with Crippen molar-refractivity contribution in [2.24, 2.45) is 0 Å². The summed E-state index contributed by atoms with van der Waals surface area (Å²) in [5, 5.41) is 26.0. The molecule has 9 heteroatoms. The number of benzene rings is 16. The van der Waals surface area contributed by atoms with Crippen LogP contribution in [0.4, 0.5) is 0 Å². The molecule has 0 bridgehead atoms. The van der Waals surface area contributed by atoms with Crippen molar-refractivity contribution in [1.29, 1.82) is 0 Å². The fraction of sp³-hybridized carbons (Fsp3) is 0. The van der Waals surface area contributed by atoms with E-state index >= 15 is 0 Å². The van der Waals surface area contributed by atoms with Crippen molar-refractivity contribution in [3.05, 3.63) is 340 Å². The van der Waals surface area contributed by atoms with Gasteiger partial charge in [0, 0.05) is 147 Å². The predicted octanol–water partition coefficient (Wildman–Crippen LogP) is 24.9. The Morgan fingerprint density at radius 1 is 0.152 bits per heavy atom. The van der Waals surface area contributed by atoms with Crippen LogP contribution in [0, 0.1) is 0 Å². The van der Waals surface area contributed by atoms with Gasteiger partial charge in [-0.15, -0.1) is 45.3 Å². The summed E-state index contributed by atoms with van der Waals surface area (Å²) in [5.74, 6) is 0. The molecule has 4 nitrogen and oxygen atoms in total. The molecule has 0 saturated heterocycles. The van der Waals surface area contributed by atoms with Crippen LogP contribution >= 0.6 is 45.3 Å². The molecule has 0 spiro atoms. The minimum Gasteiger partial charge on any atom is -0.309 e. The minimum atomic E-state index is -3.42. The first-order valence-corrected chi connectivity index (χ1v) is 41.1. The summed E-state index contributed by atoms with van der Waals surface area (Å²) in [6.07, 6.45) is 0. The van der Waals surface area contributed by atoms with Gasteiger partial charge in [0.2, 0.25) is 0 Å². The van der Waals surface area contributed by atoms with Crippen molar-refractivity contribution in [3.63, 3.8) is 0 Å². The normalized spacial score (nSPS) is 12.6. The van der Waals surface area contributed by atoms with Gasteiger partial charge in [0.25, 0.3) is 0 Å². The highest BCUT2D eigenvalue weighted by molar-refractivity contribution is 7.27. The fourth-order valence-corrected chi connectivity index (χ4v) is 27.8. The van der Waals surface area contributed by atoms with Crippen LogP contribution in [0.2, 0.25) is 0 Å². The molecule has 0 fully saturated rings. The molecular formula is C96H56N4S4Si. The van der Waals surface area contributed by atoms with E-state index in [1.54, 1.807) is 0 Å². The monoisotopic (exact) mass is 1420 g/mol. The van der Waals surface area contributed by atoms with Gasteiger partial charge < -0.3 is 18.3 Å². The highest BCUT2D eigenvalue weighted by Gasteiger charge is 2.42. The van der Waals surface area contributed by atoms with Crippen molar-refractivity contribution in [3.8, 4) is 22.7 Å². The largest absolute Gasteiger partial charge is 0.309 e. The van der Waals surface area contributed by atoms with E-state index in [1.165, 1.54) is 189 Å². The summed E-state index contributed by atoms with van der Waals surface area (Å²) in [7, 11) is -3.42. The number of para-hydroxylation sites is 4. The lowest BCUT2D eigenvalue weighted by molar-refractivity contribution is 1.18. The topological polar surface area (TPSA) is 19.7 Å². The summed E-state index contributed by atoms with van der Waals surface area (Å²) in [6.45, 7) is 0. The molecule has 0 aliphatic carbocycles. The van der Waals surface area contributed by atoms with E-state index in [0.717, 1.165) is 22.7 Å². The Balaban J connectivity index is 0.761. The molecule has 24 aromatic rings. The van der Waals surface area contributed by atoms with Gasteiger partial charge in [0.05, 0.1) is 44.1 Å². The third-order valence-corrected chi connectivity index (χ3v) is 32.3. The van der Waals surface area contributed by atoms with Gasteiger partial charge in [-0.25, -0.2) is 0 Å². The van der Waals surface area contributed by atoms with E-state index in [2.05, 4.69) is 358 Å². The highest BCUT2D eigenvalue weighted by atomic mass is 32.1. The number of nitrogens with zero attached hydrogens (tertiary/aromatic N) is 4. The molecule has 8 aromatic heterocycles. The first-order chi connectivity index (χ1) is 52.1. The standard InChI is InChI=1S/C96H56N4S4Si/c1-9-25-73-65(17-1)89-77(49-53-85-93(89)69-21-5-13-29-81(69)101-85)97(73)57-33-41-61(42-34-57)105(62-43-35-58(36-44-62)98-74-26-10-2-18-66(74)90-78(98)50-54-86-94(90)70-22-6-14-30-82(70)102-86,63-45-37-59(38-46-63)99-75-27-11-3-19-67(75)91-79(99)51-55-87-95(91)71-23-7-15-31-83(71)103-87)64-47-39-60(40-48-64)100-76-28-12-4-20-68(76)92-80(100)52-56-88-96(92)72-24-8-16-32-84(72)104-88/h1-56H. The van der Waals surface area contributed by atoms with Gasteiger partial charge in [-0.3, -0.25) is 0 Å². The molecule has 0 aliphatic rings. The lowest BCUT2D eigenvalue weighted by atomic mass is 10.1. The van der Waals surface area contributed by atoms with Gasteiger partial charge in [-0.2, -0.15) is 0 Å². The second kappa shape index (κ2) is 21.9. The van der Waals surface area contributed by atoms with Crippen LogP contribution in [0.3, 0.4) is 0 Å². The molecule has 0 N–H and O–H groups in total. The number of hydrogen-bond donors (Lipinski definition) is 0. The van der Waals surface area contributed by atoms with E-state index in [-0.39, 0.29) is 0 Å². The van der Waals surface area contributed by atoms with E-state index in [1.807, 2.05) is 45.3 Å². The number of rotatable bonds is 8. The molecule has 0 saturated carbocycles. The third kappa shape index (κ3) is 8.02. The van der Waals surface area contributed by atoms with Crippen LogP contribution < -0.4 is 20.7 Å². The van der Waals surface area contributed by atoms with Crippen LogP contribution in [0.15, 0.2) is 340 Å². The molecule has 0 radical (unpaired) electrons. The van der Waals surface area contributed by atoms with Gasteiger partial charge in [0.1, 0.15) is 0 Å². The van der Waals surface area contributed by atoms with Crippen molar-refractivity contribution < 1.29 is 0 Å². The average molecular weight is 1420 g/mol. The van der Waals surface area contributed by atoms with E-state index in [4.69, 9.17) is 0 Å². The van der Waals surface area contributed by atoms with E-state index in [0.29, 0.717) is 0 Å².